The van der Waals surface area contributed by atoms with Gasteiger partial charge in [-0.1, -0.05) is 220 Å². The number of para-hydroxylation sites is 4. The molecule has 1 amide bonds. The number of benzene rings is 10. The third-order valence-corrected chi connectivity index (χ3v) is 31.3. The lowest BCUT2D eigenvalue weighted by atomic mass is 9.87. The number of rotatable bonds is 22. The summed E-state index contributed by atoms with van der Waals surface area (Å²) in [5.41, 5.74) is 36.6. The van der Waals surface area contributed by atoms with Crippen molar-refractivity contribution >= 4 is 55.7 Å². The Labute approximate surface area is 878 Å². The van der Waals surface area contributed by atoms with Crippen LogP contribution in [0, 0.1) is 19.3 Å². The first kappa shape index (κ1) is 103. The standard InChI is InChI=1S/C35H38N4O2.C35H40N4O.C30H36N4O2.C28H34N4/c1-6-23-15-12-16-24(7-2)30(23)39-31(27-17-18-29-26(21-27)19-20-36-29)28-22-38(35(4,5)33(28)37-39)32(34(40)41-8-3)25-13-10-9-11-14-25;1-7-23-15-12-16-24(8-2)30(23)39-31(27-17-18-29-26(21-27)19-20-36-29)28-22-38(34(3,4)32(28)37-39)33(35(5,6)40)25-13-10-9-11-14-25;1-8-19-11-10-12-20(9-2)25(19)34-26(22-13-14-24-21(17-22)15-16-31-24)23-18-33(28(35)36-29(3,4)5)30(6,7)27(23)32-34;1-18-9-8-10-19(2)24(18)32-25(21-11-12-23-20(15-21)13-14-29-23)22-16-31(17-27(3,4)5)28(6,7)26(22)30-32/h9-21,32,36H,6-8,22H2,1-5H3;9-21,33,36,40H,7-8,22H2,1-6H3;10-17,31H,8-9,18H2,1-7H3;8-15,29H,16-17H2,1-7H3. The molecule has 0 radical (unpaired) electrons. The van der Waals surface area contributed by atoms with Crippen LogP contribution in [0.3, 0.4) is 0 Å². The molecule has 4 aliphatic rings. The first-order valence-electron chi connectivity index (χ1n) is 53.6. The van der Waals surface area contributed by atoms with Crippen LogP contribution in [0.2, 0.25) is 0 Å². The number of H-pyrrole nitrogens is 4. The molecule has 21 nitrogen and oxygen atoms in total. The van der Waals surface area contributed by atoms with E-state index >= 15 is 0 Å². The van der Waals surface area contributed by atoms with Crippen LogP contribution in [-0.4, -0.2) is 120 Å². The summed E-state index contributed by atoms with van der Waals surface area (Å²) in [6, 6.07) is 80.8. The van der Waals surface area contributed by atoms with Crippen LogP contribution in [0.5, 0.6) is 0 Å². The molecule has 149 heavy (non-hydrogen) atoms. The van der Waals surface area contributed by atoms with Gasteiger partial charge in [0.2, 0.25) is 0 Å². The van der Waals surface area contributed by atoms with Crippen LogP contribution in [0.15, 0.2) is 255 Å². The number of aromatic nitrogens is 12. The summed E-state index contributed by atoms with van der Waals surface area (Å²) in [4.78, 5) is 49.2. The van der Waals surface area contributed by atoms with Crippen molar-refractivity contribution in [2.24, 2.45) is 5.41 Å². The number of fused-ring (bicyclic) bond motifs is 8. The van der Waals surface area contributed by atoms with E-state index in [4.69, 9.17) is 29.9 Å². The lowest BCUT2D eigenvalue weighted by Crippen LogP contribution is -2.47. The molecule has 22 rings (SSSR count). The van der Waals surface area contributed by atoms with Gasteiger partial charge in [-0.25, -0.2) is 28.3 Å². The first-order chi connectivity index (χ1) is 71.1. The highest BCUT2D eigenvalue weighted by atomic mass is 16.6. The largest absolute Gasteiger partial charge is 0.465 e. The topological polar surface area (TPSA) is 220 Å². The van der Waals surface area contributed by atoms with Gasteiger partial charge in [0.1, 0.15) is 11.6 Å². The molecule has 770 valence electrons. The highest BCUT2D eigenvalue weighted by Gasteiger charge is 2.53. The van der Waals surface area contributed by atoms with E-state index in [9.17, 15) is 14.7 Å². The molecule has 21 heteroatoms. The summed E-state index contributed by atoms with van der Waals surface area (Å²) < 4.78 is 20.2. The summed E-state index contributed by atoms with van der Waals surface area (Å²) in [5.74, 6) is -0.232. The van der Waals surface area contributed by atoms with Gasteiger partial charge in [-0.3, -0.25) is 19.6 Å². The normalized spacial score (nSPS) is 15.5. The van der Waals surface area contributed by atoms with E-state index in [2.05, 4.69) is 379 Å². The number of aliphatic hydroxyl groups is 1. The lowest BCUT2D eigenvalue weighted by molar-refractivity contribution is -0.152. The fourth-order valence-corrected chi connectivity index (χ4v) is 23.8. The number of ether oxygens (including phenoxy) is 2. The van der Waals surface area contributed by atoms with E-state index in [1.54, 1.807) is 0 Å². The number of esters is 1. The molecular formula is C128H148N16O5. The molecule has 10 aromatic carbocycles. The van der Waals surface area contributed by atoms with Crippen molar-refractivity contribution in [3.63, 3.8) is 0 Å². The van der Waals surface area contributed by atoms with E-state index in [0.717, 1.165) is 158 Å². The summed E-state index contributed by atoms with van der Waals surface area (Å²) in [6.45, 7) is 57.6. The Morgan fingerprint density at radius 2 is 0.691 bits per heavy atom. The zero-order valence-corrected chi connectivity index (χ0v) is 91.8. The maximum atomic E-state index is 13.5. The maximum Gasteiger partial charge on any atom is 0.411 e. The third-order valence-electron chi connectivity index (χ3n) is 31.3. The van der Waals surface area contributed by atoms with Gasteiger partial charge in [-0.05, 0) is 283 Å². The molecule has 0 spiro atoms. The van der Waals surface area contributed by atoms with Gasteiger partial charge in [-0.15, -0.1) is 0 Å². The van der Waals surface area contributed by atoms with Crippen molar-refractivity contribution in [3.8, 4) is 67.8 Å². The lowest BCUT2D eigenvalue weighted by Gasteiger charge is -2.44. The Morgan fingerprint density at radius 1 is 0.369 bits per heavy atom. The van der Waals surface area contributed by atoms with Crippen molar-refractivity contribution in [3.05, 3.63) is 356 Å². The fraction of sp³-hybridized carbons (Fsp3) is 0.359. The molecule has 18 aromatic rings. The van der Waals surface area contributed by atoms with Crippen molar-refractivity contribution in [1.29, 1.82) is 0 Å². The number of nitrogens with zero attached hydrogens (tertiary/aromatic N) is 12. The Balaban J connectivity index is 0.000000125. The third kappa shape index (κ3) is 19.1. The molecule has 0 bridgehead atoms. The Bertz CT molecular complexity index is 7930. The van der Waals surface area contributed by atoms with Crippen LogP contribution in [-0.2, 0) is 101 Å². The minimum atomic E-state index is -0.952. The molecule has 2 atom stereocenters. The quantitative estimate of drug-likeness (QED) is 0.0400. The molecule has 0 saturated carbocycles. The highest BCUT2D eigenvalue weighted by molar-refractivity contribution is 5.91. The van der Waals surface area contributed by atoms with Crippen molar-refractivity contribution in [1.82, 2.24) is 78.7 Å². The van der Waals surface area contributed by atoms with Crippen LogP contribution in [0.1, 0.15) is 272 Å². The minimum absolute atomic E-state index is 0.114. The highest BCUT2D eigenvalue weighted by Crippen LogP contribution is 2.55. The van der Waals surface area contributed by atoms with Gasteiger partial charge < -0.3 is 34.5 Å². The molecule has 0 aliphatic carbocycles. The Morgan fingerprint density at radius 3 is 1.04 bits per heavy atom. The monoisotopic (exact) mass is 1990 g/mol. The molecule has 8 aromatic heterocycles. The van der Waals surface area contributed by atoms with Crippen LogP contribution in [0.4, 0.5) is 4.79 Å². The predicted molar refractivity (Wildman–Crippen MR) is 605 cm³/mol. The number of carbonyl (C=O) groups excluding carboxylic acids is 2. The zero-order valence-electron chi connectivity index (χ0n) is 91.8. The second-order valence-electron chi connectivity index (χ2n) is 45.6. The summed E-state index contributed by atoms with van der Waals surface area (Å²) in [6.07, 6.45) is 13.2. The van der Waals surface area contributed by atoms with Crippen molar-refractivity contribution in [2.75, 3.05) is 13.2 Å². The van der Waals surface area contributed by atoms with Gasteiger partial charge in [0.25, 0.3) is 0 Å². The van der Waals surface area contributed by atoms with Gasteiger partial charge in [-0.2, -0.15) is 20.4 Å². The number of nitrogens with one attached hydrogen (secondary N) is 4. The fourth-order valence-electron chi connectivity index (χ4n) is 23.8. The van der Waals surface area contributed by atoms with Crippen LogP contribution >= 0.6 is 0 Å². The van der Waals surface area contributed by atoms with E-state index < -0.39 is 33.9 Å². The van der Waals surface area contributed by atoms with Crippen LogP contribution in [0.25, 0.3) is 111 Å². The van der Waals surface area contributed by atoms with Crippen LogP contribution < -0.4 is 0 Å². The minimum Gasteiger partial charge on any atom is -0.465 e. The summed E-state index contributed by atoms with van der Waals surface area (Å²) in [7, 11) is 0. The van der Waals surface area contributed by atoms with Gasteiger partial charge in [0.15, 0.2) is 0 Å². The number of hydrogen-bond donors (Lipinski definition) is 5. The number of amides is 1. The van der Waals surface area contributed by atoms with E-state index in [1.165, 1.54) is 106 Å². The Hall–Kier alpha value is -14.2. The average molecular weight is 1990 g/mol. The molecular weight excluding hydrogens is 1840 g/mol. The van der Waals surface area contributed by atoms with Crippen molar-refractivity contribution in [2.45, 2.75) is 283 Å². The summed E-state index contributed by atoms with van der Waals surface area (Å²) in [5, 5.41) is 37.7. The Kier molecular flexibility index (Phi) is 28.0. The van der Waals surface area contributed by atoms with E-state index in [1.807, 2.05) is 108 Å². The second-order valence-corrected chi connectivity index (χ2v) is 45.6. The van der Waals surface area contributed by atoms with Gasteiger partial charge in [0.05, 0.1) is 115 Å². The predicted octanol–water partition coefficient (Wildman–Crippen LogP) is 29.1. The molecule has 0 fully saturated rings. The van der Waals surface area contributed by atoms with Gasteiger partial charge >= 0.3 is 12.1 Å². The zero-order chi connectivity index (χ0) is 106. The van der Waals surface area contributed by atoms with Gasteiger partial charge in [0, 0.05) is 139 Å². The first-order valence-corrected chi connectivity index (χ1v) is 53.6. The summed E-state index contributed by atoms with van der Waals surface area (Å²) >= 11 is 0. The van der Waals surface area contributed by atoms with E-state index in [-0.39, 0.29) is 29.1 Å². The number of aryl methyl sites for hydroxylation is 8. The average Bonchev–Trinajstić information content (AvgIpc) is 1.55. The molecule has 12 heterocycles. The number of carbonyl (C=O) groups is 2. The SMILES string of the molecule is CCOC(=O)C(c1ccccc1)N1Cc2c(nn(-c3c(CC)cccc3CC)c2-c2ccc3[nH]ccc3c2)C1(C)C.CCc1cccc(CC)c1-n1nc2c(c1-c1ccc3[nH]ccc3c1)CN(C(=O)OC(C)(C)C)C2(C)C.CCc1cccc(CC)c1-n1nc2c(c1-c1ccc3[nH]ccc3c1)CN(C(c1ccccc1)C(C)(C)O)C2(C)C.Cc1cccc(C)c1-n1nc2c(c1-c1ccc3[nH]ccc3c1)CN(CC(C)(C)C)C2(C)C. The van der Waals surface area contributed by atoms with E-state index in [0.29, 0.717) is 26.2 Å². The molecule has 0 saturated heterocycles. The smallest absolute Gasteiger partial charge is 0.411 e. The maximum absolute atomic E-state index is 13.5. The molecule has 2 unspecified atom stereocenters. The number of aromatic amines is 4. The molecule has 5 N–H and O–H groups in total. The second kappa shape index (κ2) is 40.3. The number of hydrogen-bond acceptors (Lipinski definition) is 12. The molecule has 4 aliphatic heterocycles. The van der Waals surface area contributed by atoms with Crippen molar-refractivity contribution < 1.29 is 24.2 Å².